The Labute approximate surface area is 91.8 Å². The van der Waals surface area contributed by atoms with E-state index in [-0.39, 0.29) is 0 Å². The fraction of sp³-hybridized carbons (Fsp3) is 0.500. The molecule has 0 amide bonds. The molecule has 3 nitrogen and oxygen atoms in total. The third-order valence-corrected chi connectivity index (χ3v) is 2.53. The highest BCUT2D eigenvalue weighted by Crippen LogP contribution is 2.23. The van der Waals surface area contributed by atoms with Crippen LogP contribution in [-0.2, 0) is 4.74 Å². The summed E-state index contributed by atoms with van der Waals surface area (Å²) in [5, 5.41) is 0. The first kappa shape index (κ1) is 11.9. The van der Waals surface area contributed by atoms with Crippen LogP contribution in [0.3, 0.4) is 0 Å². The van der Waals surface area contributed by atoms with E-state index in [0.29, 0.717) is 0 Å². The Kier molecular flexibility index (Phi) is 4.43. The largest absolute Gasteiger partial charge is 0.398 e. The van der Waals surface area contributed by atoms with E-state index in [9.17, 15) is 0 Å². The molecule has 0 aromatic heterocycles. The van der Waals surface area contributed by atoms with Crippen LogP contribution in [0, 0.1) is 6.92 Å². The molecule has 15 heavy (non-hydrogen) atoms. The standard InChI is InChI=1S/C12H20N2O/c1-4-15-9-8-14(3)12-7-5-6-11(13)10(12)2/h5-7H,4,8-9,13H2,1-3H3. The zero-order chi connectivity index (χ0) is 11.3. The first-order valence-corrected chi connectivity index (χ1v) is 5.30. The van der Waals surface area contributed by atoms with Crippen molar-refractivity contribution in [1.82, 2.24) is 0 Å². The minimum Gasteiger partial charge on any atom is -0.398 e. The van der Waals surface area contributed by atoms with Gasteiger partial charge in [0.05, 0.1) is 6.61 Å². The maximum Gasteiger partial charge on any atom is 0.0641 e. The molecule has 0 bridgehead atoms. The lowest BCUT2D eigenvalue weighted by molar-refractivity contribution is 0.154. The van der Waals surface area contributed by atoms with Gasteiger partial charge >= 0.3 is 0 Å². The van der Waals surface area contributed by atoms with Gasteiger partial charge in [-0.25, -0.2) is 0 Å². The molecule has 1 aromatic carbocycles. The number of rotatable bonds is 5. The zero-order valence-electron chi connectivity index (χ0n) is 9.79. The van der Waals surface area contributed by atoms with E-state index in [1.807, 2.05) is 26.0 Å². The van der Waals surface area contributed by atoms with Crippen LogP contribution >= 0.6 is 0 Å². The third-order valence-electron chi connectivity index (χ3n) is 2.53. The summed E-state index contributed by atoms with van der Waals surface area (Å²) < 4.78 is 5.32. The first-order chi connectivity index (χ1) is 7.16. The van der Waals surface area contributed by atoms with E-state index < -0.39 is 0 Å². The number of nitrogen functional groups attached to an aromatic ring is 1. The number of benzene rings is 1. The van der Waals surface area contributed by atoms with Crippen LogP contribution < -0.4 is 10.6 Å². The highest BCUT2D eigenvalue weighted by atomic mass is 16.5. The SMILES string of the molecule is CCOCCN(C)c1cccc(N)c1C. The summed E-state index contributed by atoms with van der Waals surface area (Å²) in [6.07, 6.45) is 0. The second-order valence-corrected chi connectivity index (χ2v) is 3.61. The molecule has 3 heteroatoms. The van der Waals surface area contributed by atoms with E-state index in [4.69, 9.17) is 10.5 Å². The fourth-order valence-electron chi connectivity index (χ4n) is 1.52. The van der Waals surface area contributed by atoms with Crippen molar-refractivity contribution in [1.29, 1.82) is 0 Å². The van der Waals surface area contributed by atoms with Crippen molar-refractivity contribution in [3.63, 3.8) is 0 Å². The van der Waals surface area contributed by atoms with Gasteiger partial charge in [0, 0.05) is 31.6 Å². The molecule has 0 atom stereocenters. The molecular formula is C12H20N2O. The Morgan fingerprint density at radius 2 is 2.13 bits per heavy atom. The summed E-state index contributed by atoms with van der Waals surface area (Å²) in [5.74, 6) is 0. The average molecular weight is 208 g/mol. The molecule has 0 heterocycles. The smallest absolute Gasteiger partial charge is 0.0641 e. The minimum atomic E-state index is 0.751. The summed E-state index contributed by atoms with van der Waals surface area (Å²) in [4.78, 5) is 2.17. The number of nitrogens with two attached hydrogens (primary N) is 1. The summed E-state index contributed by atoms with van der Waals surface area (Å²) in [6.45, 7) is 6.46. The Balaban J connectivity index is 2.65. The molecule has 0 fully saturated rings. The molecule has 0 radical (unpaired) electrons. The first-order valence-electron chi connectivity index (χ1n) is 5.30. The molecule has 0 saturated carbocycles. The lowest BCUT2D eigenvalue weighted by atomic mass is 10.1. The van der Waals surface area contributed by atoms with Crippen molar-refractivity contribution in [2.24, 2.45) is 0 Å². The van der Waals surface area contributed by atoms with E-state index >= 15 is 0 Å². The van der Waals surface area contributed by atoms with Crippen LogP contribution in [0.5, 0.6) is 0 Å². The van der Waals surface area contributed by atoms with E-state index in [1.54, 1.807) is 0 Å². The van der Waals surface area contributed by atoms with Crippen LogP contribution in [0.25, 0.3) is 0 Å². The Morgan fingerprint density at radius 3 is 2.80 bits per heavy atom. The normalized spacial score (nSPS) is 10.3. The topological polar surface area (TPSA) is 38.5 Å². The summed E-state index contributed by atoms with van der Waals surface area (Å²) in [6, 6.07) is 5.99. The molecule has 2 N–H and O–H groups in total. The number of hydrogen-bond acceptors (Lipinski definition) is 3. The molecule has 84 valence electrons. The van der Waals surface area contributed by atoms with Crippen LogP contribution in [0.15, 0.2) is 18.2 Å². The van der Waals surface area contributed by atoms with Crippen molar-refractivity contribution in [3.8, 4) is 0 Å². The maximum absolute atomic E-state index is 5.86. The van der Waals surface area contributed by atoms with Gasteiger partial charge in [-0.1, -0.05) is 6.07 Å². The van der Waals surface area contributed by atoms with Gasteiger partial charge in [-0.15, -0.1) is 0 Å². The number of hydrogen-bond donors (Lipinski definition) is 1. The van der Waals surface area contributed by atoms with Crippen molar-refractivity contribution in [2.75, 3.05) is 37.4 Å². The maximum atomic E-state index is 5.86. The number of nitrogens with zero attached hydrogens (tertiary/aromatic N) is 1. The predicted molar refractivity (Wildman–Crippen MR) is 65.4 cm³/mol. The van der Waals surface area contributed by atoms with Gasteiger partial charge in [-0.2, -0.15) is 0 Å². The van der Waals surface area contributed by atoms with Crippen LogP contribution in [0.4, 0.5) is 11.4 Å². The van der Waals surface area contributed by atoms with Gasteiger partial charge in [0.2, 0.25) is 0 Å². The van der Waals surface area contributed by atoms with Gasteiger partial charge < -0.3 is 15.4 Å². The third kappa shape index (κ3) is 3.13. The summed E-state index contributed by atoms with van der Waals surface area (Å²) in [5.41, 5.74) is 9.01. The molecule has 0 saturated heterocycles. The van der Waals surface area contributed by atoms with Gasteiger partial charge in [0.1, 0.15) is 0 Å². The number of anilines is 2. The summed E-state index contributed by atoms with van der Waals surface area (Å²) in [7, 11) is 2.06. The zero-order valence-corrected chi connectivity index (χ0v) is 9.79. The minimum absolute atomic E-state index is 0.751. The van der Waals surface area contributed by atoms with Crippen molar-refractivity contribution < 1.29 is 4.74 Å². The van der Waals surface area contributed by atoms with Gasteiger partial charge in [-0.3, -0.25) is 0 Å². The molecular weight excluding hydrogens is 188 g/mol. The van der Waals surface area contributed by atoms with Crippen LogP contribution in [-0.4, -0.2) is 26.8 Å². The van der Waals surface area contributed by atoms with Crippen LogP contribution in [0.1, 0.15) is 12.5 Å². The number of ether oxygens (including phenoxy) is 1. The molecule has 0 unspecified atom stereocenters. The average Bonchev–Trinajstić information content (AvgIpc) is 2.22. The predicted octanol–water partition coefficient (Wildman–Crippen LogP) is 2.05. The fourth-order valence-corrected chi connectivity index (χ4v) is 1.52. The van der Waals surface area contributed by atoms with Crippen molar-refractivity contribution >= 4 is 11.4 Å². The number of likely N-dealkylation sites (N-methyl/N-ethyl adjacent to an activating group) is 1. The molecule has 1 rings (SSSR count). The Morgan fingerprint density at radius 1 is 1.40 bits per heavy atom. The van der Waals surface area contributed by atoms with Gasteiger partial charge in [-0.05, 0) is 31.5 Å². The lowest BCUT2D eigenvalue weighted by Crippen LogP contribution is -2.23. The lowest BCUT2D eigenvalue weighted by Gasteiger charge is -2.21. The van der Waals surface area contributed by atoms with E-state index in [2.05, 4.69) is 18.0 Å². The Hall–Kier alpha value is -1.22. The molecule has 1 aromatic rings. The monoisotopic (exact) mass is 208 g/mol. The molecule has 0 aliphatic carbocycles. The quantitative estimate of drug-likeness (QED) is 0.594. The molecule has 0 aliphatic rings. The highest BCUT2D eigenvalue weighted by molar-refractivity contribution is 5.63. The van der Waals surface area contributed by atoms with Gasteiger partial charge in [0.25, 0.3) is 0 Å². The second-order valence-electron chi connectivity index (χ2n) is 3.61. The van der Waals surface area contributed by atoms with E-state index in [0.717, 1.165) is 31.0 Å². The summed E-state index contributed by atoms with van der Waals surface area (Å²) >= 11 is 0. The van der Waals surface area contributed by atoms with Crippen molar-refractivity contribution in [3.05, 3.63) is 23.8 Å². The second kappa shape index (κ2) is 5.61. The van der Waals surface area contributed by atoms with Crippen molar-refractivity contribution in [2.45, 2.75) is 13.8 Å². The molecule has 0 aliphatic heterocycles. The molecule has 0 spiro atoms. The highest BCUT2D eigenvalue weighted by Gasteiger charge is 2.05. The van der Waals surface area contributed by atoms with E-state index in [1.165, 1.54) is 5.69 Å². The Bertz CT molecular complexity index is 312. The van der Waals surface area contributed by atoms with Crippen LogP contribution in [0.2, 0.25) is 0 Å². The van der Waals surface area contributed by atoms with Gasteiger partial charge in [0.15, 0.2) is 0 Å².